The molecule has 0 saturated carbocycles. The van der Waals surface area contributed by atoms with Gasteiger partial charge >= 0.3 is 0 Å². The summed E-state index contributed by atoms with van der Waals surface area (Å²) in [4.78, 5) is 1.03. The molecule has 0 aromatic carbocycles. The zero-order chi connectivity index (χ0) is 11.6. The van der Waals surface area contributed by atoms with Crippen molar-refractivity contribution >= 4 is 21.2 Å². The quantitative estimate of drug-likeness (QED) is 0.821. The van der Waals surface area contributed by atoms with Gasteiger partial charge in [0.25, 0.3) is 0 Å². The van der Waals surface area contributed by atoms with E-state index in [1.54, 1.807) is 22.2 Å². The van der Waals surface area contributed by atoms with Crippen molar-refractivity contribution in [2.45, 2.75) is 6.54 Å². The van der Waals surface area contributed by atoms with Crippen LogP contribution in [-0.2, 0) is 16.4 Å². The summed E-state index contributed by atoms with van der Waals surface area (Å²) in [6.45, 7) is 0.344. The maximum absolute atomic E-state index is 11.0. The highest BCUT2D eigenvalue weighted by molar-refractivity contribution is 7.90. The van der Waals surface area contributed by atoms with E-state index in [1.165, 1.54) is 6.26 Å². The average molecular weight is 257 g/mol. The van der Waals surface area contributed by atoms with Crippen LogP contribution >= 0.6 is 11.3 Å². The Labute approximate surface area is 97.6 Å². The summed E-state index contributed by atoms with van der Waals surface area (Å²) in [6.07, 6.45) is 2.97. The maximum Gasteiger partial charge on any atom is 0.149 e. The van der Waals surface area contributed by atoms with E-state index in [4.69, 9.17) is 0 Å². The van der Waals surface area contributed by atoms with E-state index < -0.39 is 9.84 Å². The Bertz CT molecular complexity index is 557. The molecule has 86 valence electrons. The van der Waals surface area contributed by atoms with Crippen LogP contribution in [0, 0.1) is 0 Å². The summed E-state index contributed by atoms with van der Waals surface area (Å²) >= 11 is 1.58. The van der Waals surface area contributed by atoms with Gasteiger partial charge in [0.05, 0.1) is 23.4 Å². The van der Waals surface area contributed by atoms with Crippen LogP contribution in [0.25, 0.3) is 10.6 Å². The lowest BCUT2D eigenvalue weighted by molar-refractivity contribution is 0.579. The first-order valence-corrected chi connectivity index (χ1v) is 7.60. The molecule has 0 aliphatic carbocycles. The molecule has 0 bridgehead atoms. The molecule has 16 heavy (non-hydrogen) atoms. The molecule has 2 heterocycles. The standard InChI is InChI=1S/C9H11N3O2S2/c1-16(13,14)6-4-12-7-8(10-11-12)9-3-2-5-15-9/h2-3,5,7H,4,6H2,1H3. The van der Waals surface area contributed by atoms with Crippen LogP contribution in [0.2, 0.25) is 0 Å². The molecular weight excluding hydrogens is 246 g/mol. The number of rotatable bonds is 4. The molecule has 0 saturated heterocycles. The van der Waals surface area contributed by atoms with Gasteiger partial charge < -0.3 is 0 Å². The van der Waals surface area contributed by atoms with Crippen molar-refractivity contribution in [2.75, 3.05) is 12.0 Å². The Morgan fingerprint density at radius 3 is 2.94 bits per heavy atom. The SMILES string of the molecule is CS(=O)(=O)CCn1cc(-c2cccs2)nn1. The van der Waals surface area contributed by atoms with E-state index >= 15 is 0 Å². The van der Waals surface area contributed by atoms with Gasteiger partial charge in [0.2, 0.25) is 0 Å². The minimum atomic E-state index is -2.95. The van der Waals surface area contributed by atoms with Crippen LogP contribution in [0.5, 0.6) is 0 Å². The number of sulfone groups is 1. The number of hydrogen-bond acceptors (Lipinski definition) is 5. The fraction of sp³-hybridized carbons (Fsp3) is 0.333. The molecule has 0 atom stereocenters. The van der Waals surface area contributed by atoms with E-state index in [0.29, 0.717) is 6.54 Å². The molecule has 2 aromatic heterocycles. The van der Waals surface area contributed by atoms with Gasteiger partial charge in [0, 0.05) is 6.26 Å². The summed E-state index contributed by atoms with van der Waals surface area (Å²) in [5.74, 6) is 0.0836. The van der Waals surface area contributed by atoms with E-state index in [9.17, 15) is 8.42 Å². The van der Waals surface area contributed by atoms with Gasteiger partial charge in [0.1, 0.15) is 15.5 Å². The molecule has 5 nitrogen and oxygen atoms in total. The number of aryl methyl sites for hydroxylation is 1. The lowest BCUT2D eigenvalue weighted by atomic mass is 10.4. The first-order valence-electron chi connectivity index (χ1n) is 4.66. The predicted octanol–water partition coefficient (Wildman–Crippen LogP) is 1.05. The minimum absolute atomic E-state index is 0.0836. The second-order valence-corrected chi connectivity index (χ2v) is 6.68. The monoisotopic (exact) mass is 257 g/mol. The normalized spacial score (nSPS) is 11.8. The van der Waals surface area contributed by atoms with Crippen molar-refractivity contribution in [3.63, 3.8) is 0 Å². The van der Waals surface area contributed by atoms with E-state index in [1.807, 2.05) is 17.5 Å². The Kier molecular flexibility index (Phi) is 3.06. The van der Waals surface area contributed by atoms with Crippen LogP contribution < -0.4 is 0 Å². The van der Waals surface area contributed by atoms with Crippen molar-refractivity contribution in [1.29, 1.82) is 0 Å². The molecule has 0 N–H and O–H groups in total. The van der Waals surface area contributed by atoms with Gasteiger partial charge in [-0.3, -0.25) is 4.68 Å². The van der Waals surface area contributed by atoms with Crippen LogP contribution in [0.4, 0.5) is 0 Å². The van der Waals surface area contributed by atoms with Crippen molar-refractivity contribution < 1.29 is 8.42 Å². The third-order valence-corrected chi connectivity index (χ3v) is 3.82. The topological polar surface area (TPSA) is 64.8 Å². The van der Waals surface area contributed by atoms with Crippen molar-refractivity contribution in [1.82, 2.24) is 15.0 Å². The van der Waals surface area contributed by atoms with Crippen LogP contribution in [0.3, 0.4) is 0 Å². The summed E-state index contributed by atoms with van der Waals surface area (Å²) in [5.41, 5.74) is 0.781. The second-order valence-electron chi connectivity index (χ2n) is 3.47. The van der Waals surface area contributed by atoms with Crippen LogP contribution in [0.15, 0.2) is 23.7 Å². The van der Waals surface area contributed by atoms with Crippen LogP contribution in [0.1, 0.15) is 0 Å². The zero-order valence-electron chi connectivity index (χ0n) is 8.70. The third kappa shape index (κ3) is 2.89. The highest BCUT2D eigenvalue weighted by Gasteiger charge is 2.07. The fourth-order valence-corrected chi connectivity index (χ4v) is 2.40. The Hall–Kier alpha value is -1.21. The summed E-state index contributed by atoms with van der Waals surface area (Å²) in [5, 5.41) is 9.84. The van der Waals surface area contributed by atoms with E-state index in [-0.39, 0.29) is 5.75 Å². The highest BCUT2D eigenvalue weighted by atomic mass is 32.2. The Balaban J connectivity index is 2.09. The molecule has 0 unspecified atom stereocenters. The molecule has 0 radical (unpaired) electrons. The lowest BCUT2D eigenvalue weighted by Crippen LogP contribution is -2.11. The second kappa shape index (κ2) is 4.34. The molecule has 0 aliphatic heterocycles. The highest BCUT2D eigenvalue weighted by Crippen LogP contribution is 2.21. The zero-order valence-corrected chi connectivity index (χ0v) is 10.3. The lowest BCUT2D eigenvalue weighted by Gasteiger charge is -1.97. The fourth-order valence-electron chi connectivity index (χ4n) is 1.20. The van der Waals surface area contributed by atoms with Crippen molar-refractivity contribution in [3.8, 4) is 10.6 Å². The number of nitrogens with zero attached hydrogens (tertiary/aromatic N) is 3. The summed E-state index contributed by atoms with van der Waals surface area (Å²) in [7, 11) is -2.95. The van der Waals surface area contributed by atoms with Crippen molar-refractivity contribution in [3.05, 3.63) is 23.7 Å². The van der Waals surface area contributed by atoms with Gasteiger partial charge in [-0.2, -0.15) is 0 Å². The Morgan fingerprint density at radius 1 is 1.50 bits per heavy atom. The van der Waals surface area contributed by atoms with Gasteiger partial charge in [-0.1, -0.05) is 11.3 Å². The predicted molar refractivity (Wildman–Crippen MR) is 63.0 cm³/mol. The smallest absolute Gasteiger partial charge is 0.149 e. The van der Waals surface area contributed by atoms with Crippen LogP contribution in [-0.4, -0.2) is 35.4 Å². The van der Waals surface area contributed by atoms with E-state index in [2.05, 4.69) is 10.3 Å². The number of hydrogen-bond donors (Lipinski definition) is 0. The minimum Gasteiger partial charge on any atom is -0.251 e. The van der Waals surface area contributed by atoms with Crippen molar-refractivity contribution in [2.24, 2.45) is 0 Å². The molecular formula is C9H11N3O2S2. The largest absolute Gasteiger partial charge is 0.251 e. The summed E-state index contributed by atoms with van der Waals surface area (Å²) in [6, 6.07) is 3.89. The molecule has 2 rings (SSSR count). The molecule has 2 aromatic rings. The molecule has 0 aliphatic rings. The van der Waals surface area contributed by atoms with Gasteiger partial charge in [-0.25, -0.2) is 8.42 Å². The molecule has 7 heteroatoms. The van der Waals surface area contributed by atoms with Gasteiger partial charge in [-0.05, 0) is 11.4 Å². The first-order chi connectivity index (χ1) is 7.54. The molecule has 0 spiro atoms. The number of aromatic nitrogens is 3. The molecule has 0 fully saturated rings. The molecule has 0 amide bonds. The third-order valence-electron chi connectivity index (χ3n) is 2.00. The van der Waals surface area contributed by atoms with E-state index in [0.717, 1.165) is 10.6 Å². The Morgan fingerprint density at radius 2 is 2.31 bits per heavy atom. The van der Waals surface area contributed by atoms with Gasteiger partial charge in [-0.15, -0.1) is 16.4 Å². The van der Waals surface area contributed by atoms with Gasteiger partial charge in [0.15, 0.2) is 0 Å². The average Bonchev–Trinajstić information content (AvgIpc) is 2.84. The summed E-state index contributed by atoms with van der Waals surface area (Å²) < 4.78 is 23.5. The maximum atomic E-state index is 11.0. The first kappa shape index (κ1) is 11.3. The number of thiophene rings is 1.